The molecule has 1 fully saturated rings. The molecule has 1 heterocycles. The largest absolute Gasteiger partial charge is 0.472 e. The first kappa shape index (κ1) is 23.4. The Morgan fingerprint density at radius 2 is 1.69 bits per heavy atom. The van der Waals surface area contributed by atoms with Crippen molar-refractivity contribution < 1.29 is 28.0 Å². The number of ether oxygens (including phenoxy) is 1. The molecule has 0 radical (unpaired) electrons. The average molecular weight is 390 g/mol. The van der Waals surface area contributed by atoms with Crippen LogP contribution in [0.5, 0.6) is 0 Å². The number of rotatable bonds is 15. The minimum Gasteiger partial charge on any atom is -0.463 e. The predicted molar refractivity (Wildman–Crippen MR) is 102 cm³/mol. The van der Waals surface area contributed by atoms with Crippen molar-refractivity contribution in [3.8, 4) is 0 Å². The normalized spacial score (nSPS) is 22.9. The van der Waals surface area contributed by atoms with Crippen LogP contribution in [0, 0.1) is 0 Å². The van der Waals surface area contributed by atoms with Crippen LogP contribution in [0.2, 0.25) is 0 Å². The summed E-state index contributed by atoms with van der Waals surface area (Å²) in [5.41, 5.74) is 0. The number of carbonyl (C=O) groups is 1. The highest BCUT2D eigenvalue weighted by atomic mass is 31.2. The van der Waals surface area contributed by atoms with Gasteiger partial charge in [0, 0.05) is 6.42 Å². The van der Waals surface area contributed by atoms with Gasteiger partial charge in [-0.3, -0.25) is 13.8 Å². The minimum absolute atomic E-state index is 0.0196. The molecule has 1 N–H and O–H groups in total. The van der Waals surface area contributed by atoms with Crippen LogP contribution in [0.1, 0.15) is 84.0 Å². The molecule has 6 nitrogen and oxygen atoms in total. The van der Waals surface area contributed by atoms with Crippen LogP contribution in [0.15, 0.2) is 12.2 Å². The van der Waals surface area contributed by atoms with Gasteiger partial charge in [0.1, 0.15) is 12.7 Å². The summed E-state index contributed by atoms with van der Waals surface area (Å²) in [6.07, 6.45) is 17.3. The number of hydrogen-bond donors (Lipinski definition) is 1. The third-order valence-electron chi connectivity index (χ3n) is 4.28. The summed E-state index contributed by atoms with van der Waals surface area (Å²) >= 11 is 0. The van der Waals surface area contributed by atoms with Crippen LogP contribution in [0.25, 0.3) is 0 Å². The van der Waals surface area contributed by atoms with Gasteiger partial charge in [-0.05, 0) is 32.1 Å². The number of allylic oxidation sites excluding steroid dienone is 2. The molecule has 0 aromatic rings. The molecule has 0 amide bonds. The van der Waals surface area contributed by atoms with E-state index in [9.17, 15) is 9.36 Å². The molecule has 0 aromatic carbocycles. The Morgan fingerprint density at radius 3 is 2.31 bits per heavy atom. The second-order valence-electron chi connectivity index (χ2n) is 6.80. The summed E-state index contributed by atoms with van der Waals surface area (Å²) in [6, 6.07) is 0. The van der Waals surface area contributed by atoms with Gasteiger partial charge in [0.15, 0.2) is 0 Å². The van der Waals surface area contributed by atoms with E-state index >= 15 is 0 Å². The van der Waals surface area contributed by atoms with Crippen LogP contribution in [-0.2, 0) is 23.1 Å². The summed E-state index contributed by atoms with van der Waals surface area (Å²) in [5, 5.41) is 0. The Labute approximate surface area is 157 Å². The molecule has 0 aliphatic carbocycles. The Balaban J connectivity index is 1.84. The molecule has 0 spiro atoms. The lowest BCUT2D eigenvalue weighted by Gasteiger charge is -2.08. The fourth-order valence-electron chi connectivity index (χ4n) is 2.75. The third kappa shape index (κ3) is 12.6. The highest BCUT2D eigenvalue weighted by Crippen LogP contribution is 2.49. The number of phosphoric ester groups is 1. The SMILES string of the molecule is CCCCCC/C=C/CCCCCCCC(=O)OCC1COP(=O)(O)O1. The van der Waals surface area contributed by atoms with Crippen LogP contribution >= 0.6 is 7.82 Å². The first-order valence-corrected chi connectivity index (χ1v) is 11.5. The predicted octanol–water partition coefficient (Wildman–Crippen LogP) is 5.30. The zero-order valence-electron chi connectivity index (χ0n) is 16.1. The first-order valence-electron chi connectivity index (χ1n) is 10.00. The molecular weight excluding hydrogens is 355 g/mol. The van der Waals surface area contributed by atoms with E-state index in [1.165, 1.54) is 44.9 Å². The molecule has 1 rings (SSSR count). The number of hydrogen-bond acceptors (Lipinski definition) is 5. The van der Waals surface area contributed by atoms with Crippen molar-refractivity contribution in [2.45, 2.75) is 90.1 Å². The Kier molecular flexibility index (Phi) is 12.9. The number of carbonyl (C=O) groups excluding carboxylic acids is 1. The molecule has 1 aliphatic rings. The standard InChI is InChI=1S/C19H35O6P/c1-2-3-4-5-6-7-8-9-10-11-12-13-14-15-19(20)23-16-18-17-24-26(21,22)25-18/h7-8,18H,2-6,9-17H2,1H3,(H,21,22)/b8-7+. The number of unbranched alkanes of at least 4 members (excludes halogenated alkanes) is 9. The summed E-state index contributed by atoms with van der Waals surface area (Å²) in [5.74, 6) is -0.292. The van der Waals surface area contributed by atoms with Crippen molar-refractivity contribution in [1.82, 2.24) is 0 Å². The van der Waals surface area contributed by atoms with Gasteiger partial charge >= 0.3 is 13.8 Å². The molecule has 0 aromatic heterocycles. The van der Waals surface area contributed by atoms with Gasteiger partial charge in [0.2, 0.25) is 0 Å². The molecule has 7 heteroatoms. The van der Waals surface area contributed by atoms with Crippen LogP contribution in [-0.4, -0.2) is 30.2 Å². The lowest BCUT2D eigenvalue weighted by Crippen LogP contribution is -2.20. The van der Waals surface area contributed by atoms with Crippen molar-refractivity contribution >= 4 is 13.8 Å². The van der Waals surface area contributed by atoms with Crippen molar-refractivity contribution in [2.75, 3.05) is 13.2 Å². The maximum atomic E-state index is 11.6. The van der Waals surface area contributed by atoms with Gasteiger partial charge in [-0.1, -0.05) is 57.6 Å². The smallest absolute Gasteiger partial charge is 0.463 e. The molecule has 2 unspecified atom stereocenters. The van der Waals surface area contributed by atoms with Crippen molar-refractivity contribution in [2.24, 2.45) is 0 Å². The minimum atomic E-state index is -3.91. The summed E-state index contributed by atoms with van der Waals surface area (Å²) in [7, 11) is -3.91. The fraction of sp³-hybridized carbons (Fsp3) is 0.842. The highest BCUT2D eigenvalue weighted by molar-refractivity contribution is 7.47. The number of phosphoric acid groups is 1. The van der Waals surface area contributed by atoms with Crippen molar-refractivity contribution in [3.05, 3.63) is 12.2 Å². The van der Waals surface area contributed by atoms with Gasteiger partial charge in [0.05, 0.1) is 6.61 Å². The lowest BCUT2D eigenvalue weighted by molar-refractivity contribution is -0.146. The van der Waals surface area contributed by atoms with E-state index in [1.807, 2.05) is 0 Å². The van der Waals surface area contributed by atoms with Gasteiger partial charge in [-0.15, -0.1) is 0 Å². The van der Waals surface area contributed by atoms with E-state index in [1.54, 1.807) is 0 Å². The van der Waals surface area contributed by atoms with Crippen LogP contribution in [0.3, 0.4) is 0 Å². The van der Waals surface area contributed by atoms with E-state index < -0.39 is 13.9 Å². The maximum Gasteiger partial charge on any atom is 0.472 e. The van der Waals surface area contributed by atoms with Gasteiger partial charge in [-0.2, -0.15) is 0 Å². The Hall–Kier alpha value is -0.680. The van der Waals surface area contributed by atoms with Crippen LogP contribution in [0.4, 0.5) is 0 Å². The molecule has 26 heavy (non-hydrogen) atoms. The monoisotopic (exact) mass is 390 g/mol. The number of esters is 1. The lowest BCUT2D eigenvalue weighted by atomic mass is 10.1. The van der Waals surface area contributed by atoms with E-state index in [2.05, 4.69) is 23.6 Å². The molecule has 0 saturated carbocycles. The Morgan fingerprint density at radius 1 is 1.08 bits per heavy atom. The molecule has 152 valence electrons. The summed E-state index contributed by atoms with van der Waals surface area (Å²) in [4.78, 5) is 20.6. The van der Waals surface area contributed by atoms with E-state index in [4.69, 9.17) is 14.2 Å². The zero-order valence-corrected chi connectivity index (χ0v) is 17.0. The zero-order chi connectivity index (χ0) is 19.1. The van der Waals surface area contributed by atoms with Gasteiger partial charge < -0.3 is 9.63 Å². The fourth-order valence-corrected chi connectivity index (χ4v) is 3.66. The third-order valence-corrected chi connectivity index (χ3v) is 5.32. The summed E-state index contributed by atoms with van der Waals surface area (Å²) in [6.45, 7) is 2.18. The van der Waals surface area contributed by atoms with Gasteiger partial charge in [-0.25, -0.2) is 4.57 Å². The van der Waals surface area contributed by atoms with E-state index in [0.717, 1.165) is 25.7 Å². The van der Waals surface area contributed by atoms with E-state index in [0.29, 0.717) is 6.42 Å². The molecule has 1 aliphatic heterocycles. The summed E-state index contributed by atoms with van der Waals surface area (Å²) < 4.78 is 25.4. The van der Waals surface area contributed by atoms with Crippen LogP contribution < -0.4 is 0 Å². The average Bonchev–Trinajstić information content (AvgIpc) is 2.96. The molecular formula is C19H35O6P. The first-order chi connectivity index (χ1) is 12.5. The second-order valence-corrected chi connectivity index (χ2v) is 8.21. The highest BCUT2D eigenvalue weighted by Gasteiger charge is 2.35. The quantitative estimate of drug-likeness (QED) is 0.177. The maximum absolute atomic E-state index is 11.6. The molecule has 1 saturated heterocycles. The molecule has 2 atom stereocenters. The Bertz CT molecular complexity index is 451. The van der Waals surface area contributed by atoms with Gasteiger partial charge in [0.25, 0.3) is 0 Å². The second kappa shape index (κ2) is 14.4. The topological polar surface area (TPSA) is 82.1 Å². The van der Waals surface area contributed by atoms with E-state index in [-0.39, 0.29) is 19.2 Å². The van der Waals surface area contributed by atoms with Crippen molar-refractivity contribution in [1.29, 1.82) is 0 Å². The van der Waals surface area contributed by atoms with Crippen molar-refractivity contribution in [3.63, 3.8) is 0 Å². The molecule has 0 bridgehead atoms.